The Hall–Kier alpha value is -1.79. The molecule has 1 aliphatic heterocycles. The van der Waals surface area contributed by atoms with Crippen LogP contribution in [-0.2, 0) is 26.5 Å². The van der Waals surface area contributed by atoms with E-state index in [0.29, 0.717) is 12.3 Å². The molecule has 0 fully saturated rings. The molecule has 1 atom stereocenters. The van der Waals surface area contributed by atoms with Gasteiger partial charge in [-0.3, -0.25) is 4.79 Å². The van der Waals surface area contributed by atoms with E-state index < -0.39 is 6.04 Å². The fourth-order valence-corrected chi connectivity index (χ4v) is 4.64. The van der Waals surface area contributed by atoms with E-state index in [1.807, 2.05) is 41.8 Å². The van der Waals surface area contributed by atoms with Crippen LogP contribution in [0, 0.1) is 0 Å². The topological polar surface area (TPSA) is 46.6 Å². The summed E-state index contributed by atoms with van der Waals surface area (Å²) in [5.74, 6) is 0.772. The number of hydrogen-bond donors (Lipinski definition) is 0. The largest absolute Gasteiger partial charge is 0.467 e. The predicted molar refractivity (Wildman–Crippen MR) is 97.1 cm³/mol. The van der Waals surface area contributed by atoms with Gasteiger partial charge in [-0.1, -0.05) is 30.3 Å². The van der Waals surface area contributed by atoms with Crippen LogP contribution in [0.15, 0.2) is 41.8 Å². The maximum Gasteiger partial charge on any atom is 0.333 e. The molecule has 1 aliphatic rings. The normalized spacial score (nSPS) is 16.5. The second-order valence-electron chi connectivity index (χ2n) is 5.54. The van der Waals surface area contributed by atoms with Gasteiger partial charge >= 0.3 is 5.97 Å². The minimum Gasteiger partial charge on any atom is -0.467 e. The van der Waals surface area contributed by atoms with E-state index in [-0.39, 0.29) is 11.9 Å². The minimum atomic E-state index is -0.602. The second kappa shape index (κ2) is 7.85. The molecule has 1 aromatic carbocycles. The lowest BCUT2D eigenvalue weighted by molar-refractivity contribution is -0.153. The van der Waals surface area contributed by atoms with E-state index in [2.05, 4.69) is 0 Å². The maximum atomic E-state index is 12.7. The number of fused-ring (bicyclic) bond motifs is 1. The Bertz CT molecular complexity index is 714. The molecule has 6 heteroatoms. The summed E-state index contributed by atoms with van der Waals surface area (Å²) in [6.45, 7) is 0.567. The molecule has 0 saturated heterocycles. The van der Waals surface area contributed by atoms with Crippen LogP contribution in [0.5, 0.6) is 0 Å². The van der Waals surface area contributed by atoms with Gasteiger partial charge in [0.15, 0.2) is 6.04 Å². The van der Waals surface area contributed by atoms with E-state index in [9.17, 15) is 9.59 Å². The number of ether oxygens (including phenoxy) is 1. The van der Waals surface area contributed by atoms with Gasteiger partial charge in [-0.15, -0.1) is 23.1 Å². The summed E-state index contributed by atoms with van der Waals surface area (Å²) in [4.78, 5) is 27.7. The van der Waals surface area contributed by atoms with Crippen LogP contribution in [-0.4, -0.2) is 36.2 Å². The number of thioether (sulfide) groups is 1. The second-order valence-corrected chi connectivity index (χ2v) is 7.53. The summed E-state index contributed by atoms with van der Waals surface area (Å²) in [5, 5.41) is 1.97. The highest BCUT2D eigenvalue weighted by Crippen LogP contribution is 2.34. The smallest absolute Gasteiger partial charge is 0.333 e. The predicted octanol–water partition coefficient (Wildman–Crippen LogP) is 3.28. The molecular weight excluding hydrogens is 342 g/mol. The quantitative estimate of drug-likeness (QED) is 0.767. The molecule has 2 heterocycles. The average molecular weight is 361 g/mol. The Labute approximate surface area is 149 Å². The third kappa shape index (κ3) is 3.65. The molecule has 4 nitrogen and oxygen atoms in total. The van der Waals surface area contributed by atoms with Crippen molar-refractivity contribution in [1.29, 1.82) is 0 Å². The number of amides is 1. The van der Waals surface area contributed by atoms with E-state index in [1.54, 1.807) is 28.0 Å². The first-order valence-corrected chi connectivity index (χ1v) is 9.79. The number of esters is 1. The van der Waals surface area contributed by atoms with E-state index in [4.69, 9.17) is 4.74 Å². The van der Waals surface area contributed by atoms with Crippen molar-refractivity contribution in [1.82, 2.24) is 4.90 Å². The SMILES string of the molecule is COC(=O)C1c2ccsc2CCN1C(=O)CSCc1ccccc1. The van der Waals surface area contributed by atoms with Crippen molar-refractivity contribution < 1.29 is 14.3 Å². The lowest BCUT2D eigenvalue weighted by atomic mass is 10.00. The van der Waals surface area contributed by atoms with Crippen LogP contribution >= 0.6 is 23.1 Å². The molecule has 0 aliphatic carbocycles. The Kier molecular flexibility index (Phi) is 5.58. The van der Waals surface area contributed by atoms with Gasteiger partial charge in [-0.05, 0) is 29.0 Å². The van der Waals surface area contributed by atoms with Crippen molar-refractivity contribution in [3.05, 3.63) is 57.8 Å². The van der Waals surface area contributed by atoms with E-state index >= 15 is 0 Å². The summed E-state index contributed by atoms with van der Waals surface area (Å²) in [7, 11) is 1.37. The number of methoxy groups -OCH3 is 1. The van der Waals surface area contributed by atoms with Gasteiger partial charge in [-0.2, -0.15) is 0 Å². The zero-order chi connectivity index (χ0) is 16.9. The molecule has 1 unspecified atom stereocenters. The van der Waals surface area contributed by atoms with Crippen LogP contribution in [0.4, 0.5) is 0 Å². The summed E-state index contributed by atoms with van der Waals surface area (Å²) >= 11 is 3.21. The van der Waals surface area contributed by atoms with Gasteiger partial charge < -0.3 is 9.64 Å². The van der Waals surface area contributed by atoms with Crippen molar-refractivity contribution >= 4 is 35.0 Å². The molecular formula is C18H19NO3S2. The number of benzene rings is 1. The van der Waals surface area contributed by atoms with Crippen molar-refractivity contribution in [2.45, 2.75) is 18.2 Å². The zero-order valence-electron chi connectivity index (χ0n) is 13.4. The van der Waals surface area contributed by atoms with Gasteiger partial charge in [0.25, 0.3) is 0 Å². The molecule has 2 aromatic rings. The van der Waals surface area contributed by atoms with Crippen molar-refractivity contribution in [2.24, 2.45) is 0 Å². The summed E-state index contributed by atoms with van der Waals surface area (Å²) in [6, 6.07) is 11.4. The van der Waals surface area contributed by atoms with E-state index in [1.165, 1.54) is 17.6 Å². The van der Waals surface area contributed by atoms with Crippen molar-refractivity contribution in [2.75, 3.05) is 19.4 Å². The van der Waals surface area contributed by atoms with Gasteiger partial charge in [-0.25, -0.2) is 4.79 Å². The molecule has 0 spiro atoms. The highest BCUT2D eigenvalue weighted by molar-refractivity contribution is 7.99. The number of rotatable bonds is 5. The number of carbonyl (C=O) groups is 2. The van der Waals surface area contributed by atoms with Crippen molar-refractivity contribution in [3.63, 3.8) is 0 Å². The highest BCUT2D eigenvalue weighted by atomic mass is 32.2. The number of thiophene rings is 1. The maximum absolute atomic E-state index is 12.7. The Morgan fingerprint density at radius 2 is 2.08 bits per heavy atom. The van der Waals surface area contributed by atoms with Gasteiger partial charge in [0.05, 0.1) is 12.9 Å². The first kappa shape index (κ1) is 17.0. The zero-order valence-corrected chi connectivity index (χ0v) is 15.1. The first-order valence-electron chi connectivity index (χ1n) is 7.76. The first-order chi connectivity index (χ1) is 11.7. The van der Waals surface area contributed by atoms with Crippen LogP contribution in [0.3, 0.4) is 0 Å². The van der Waals surface area contributed by atoms with Crippen LogP contribution in [0.25, 0.3) is 0 Å². The monoisotopic (exact) mass is 361 g/mol. The molecule has 24 heavy (non-hydrogen) atoms. The minimum absolute atomic E-state index is 0.0109. The molecule has 1 aromatic heterocycles. The third-order valence-electron chi connectivity index (χ3n) is 4.05. The third-order valence-corrected chi connectivity index (χ3v) is 6.03. The van der Waals surface area contributed by atoms with Crippen molar-refractivity contribution in [3.8, 4) is 0 Å². The lowest BCUT2D eigenvalue weighted by Gasteiger charge is -2.34. The van der Waals surface area contributed by atoms with Gasteiger partial charge in [0.2, 0.25) is 5.91 Å². The highest BCUT2D eigenvalue weighted by Gasteiger charge is 2.37. The molecule has 0 saturated carbocycles. The Morgan fingerprint density at radius 1 is 1.29 bits per heavy atom. The summed E-state index contributed by atoms with van der Waals surface area (Å²) in [6.07, 6.45) is 0.801. The number of hydrogen-bond acceptors (Lipinski definition) is 5. The standard InChI is InChI=1S/C18H19NO3S2/c1-22-18(21)17-14-8-10-24-15(14)7-9-19(17)16(20)12-23-11-13-5-3-2-4-6-13/h2-6,8,10,17H,7,9,11-12H2,1H3. The summed E-state index contributed by atoms with van der Waals surface area (Å²) in [5.41, 5.74) is 2.11. The van der Waals surface area contributed by atoms with Gasteiger partial charge in [0, 0.05) is 17.2 Å². The molecule has 0 N–H and O–H groups in total. The van der Waals surface area contributed by atoms with Crippen LogP contribution in [0.1, 0.15) is 22.0 Å². The Morgan fingerprint density at radius 3 is 2.83 bits per heavy atom. The van der Waals surface area contributed by atoms with Crippen LogP contribution < -0.4 is 0 Å². The molecule has 0 bridgehead atoms. The number of carbonyl (C=O) groups excluding carboxylic acids is 2. The van der Waals surface area contributed by atoms with Gasteiger partial charge in [0.1, 0.15) is 0 Å². The molecule has 3 rings (SSSR count). The molecule has 126 valence electrons. The fourth-order valence-electron chi connectivity index (χ4n) is 2.86. The molecule has 0 radical (unpaired) electrons. The summed E-state index contributed by atoms with van der Waals surface area (Å²) < 4.78 is 4.94. The lowest BCUT2D eigenvalue weighted by Crippen LogP contribution is -2.44. The van der Waals surface area contributed by atoms with Crippen LogP contribution in [0.2, 0.25) is 0 Å². The average Bonchev–Trinajstić information content (AvgIpc) is 3.09. The number of nitrogens with zero attached hydrogens (tertiary/aromatic N) is 1. The van der Waals surface area contributed by atoms with E-state index in [0.717, 1.165) is 17.7 Å². The Balaban J connectivity index is 1.66. The fraction of sp³-hybridized carbons (Fsp3) is 0.333. The molecule has 1 amide bonds.